The van der Waals surface area contributed by atoms with Crippen molar-refractivity contribution in [2.24, 2.45) is 0 Å². The van der Waals surface area contributed by atoms with Crippen molar-refractivity contribution in [3.05, 3.63) is 47.1 Å². The van der Waals surface area contributed by atoms with E-state index in [2.05, 4.69) is 10.1 Å². The fourth-order valence-electron chi connectivity index (χ4n) is 3.20. The number of aliphatic carboxylic acids is 1. The molecule has 7 nitrogen and oxygen atoms in total. The average Bonchev–Trinajstić information content (AvgIpc) is 3.09. The number of fused-ring (bicyclic) bond motifs is 1. The minimum absolute atomic E-state index is 0.160. The number of carbonyl (C=O) groups excluding carboxylic acids is 1. The lowest BCUT2D eigenvalue weighted by Gasteiger charge is -2.34. The van der Waals surface area contributed by atoms with E-state index in [-0.39, 0.29) is 17.7 Å². The molecule has 0 saturated carbocycles. The molecule has 1 amide bonds. The second kappa shape index (κ2) is 7.50. The fourth-order valence-corrected chi connectivity index (χ4v) is 3.20. The van der Waals surface area contributed by atoms with E-state index in [0.29, 0.717) is 37.5 Å². The Labute approximate surface area is 158 Å². The molecular formula is C20H25N3O4. The molecule has 2 aromatic rings. The van der Waals surface area contributed by atoms with E-state index in [0.717, 1.165) is 11.1 Å². The lowest BCUT2D eigenvalue weighted by Crippen LogP contribution is -2.48. The Morgan fingerprint density at radius 3 is 2.59 bits per heavy atom. The molecule has 7 heteroatoms. The molecule has 1 N–H and O–H groups in total. The highest BCUT2D eigenvalue weighted by atomic mass is 16.5. The molecule has 1 aliphatic heterocycles. The summed E-state index contributed by atoms with van der Waals surface area (Å²) < 4.78 is 5.24. The largest absolute Gasteiger partial charge is 0.480 e. The van der Waals surface area contributed by atoms with Gasteiger partial charge in [-0.1, -0.05) is 50.2 Å². The van der Waals surface area contributed by atoms with Gasteiger partial charge in [0.2, 0.25) is 11.8 Å². The van der Waals surface area contributed by atoms with E-state index in [4.69, 9.17) is 4.52 Å². The summed E-state index contributed by atoms with van der Waals surface area (Å²) in [6, 6.07) is 6.86. The summed E-state index contributed by atoms with van der Waals surface area (Å²) in [4.78, 5) is 30.2. The molecule has 0 bridgehead atoms. The third-order valence-corrected chi connectivity index (χ3v) is 4.77. The predicted octanol–water partition coefficient (Wildman–Crippen LogP) is 2.73. The maximum Gasteiger partial charge on any atom is 0.326 e. The van der Waals surface area contributed by atoms with Gasteiger partial charge in [-0.05, 0) is 17.5 Å². The predicted molar refractivity (Wildman–Crippen MR) is 98.1 cm³/mol. The van der Waals surface area contributed by atoms with Gasteiger partial charge < -0.3 is 14.5 Å². The Bertz CT molecular complexity index is 838. The number of aromatic nitrogens is 2. The Morgan fingerprint density at radius 2 is 1.96 bits per heavy atom. The van der Waals surface area contributed by atoms with Crippen LogP contribution in [0.4, 0.5) is 0 Å². The van der Waals surface area contributed by atoms with Crippen molar-refractivity contribution in [2.45, 2.75) is 64.5 Å². The number of rotatable bonds is 5. The van der Waals surface area contributed by atoms with Crippen LogP contribution in [0.5, 0.6) is 0 Å². The van der Waals surface area contributed by atoms with Gasteiger partial charge in [0, 0.05) is 31.2 Å². The van der Waals surface area contributed by atoms with Gasteiger partial charge in [-0.2, -0.15) is 4.98 Å². The number of carboxylic acids is 1. The van der Waals surface area contributed by atoms with Crippen LogP contribution in [0.2, 0.25) is 0 Å². The Hall–Kier alpha value is -2.70. The fraction of sp³-hybridized carbons (Fsp3) is 0.500. The average molecular weight is 371 g/mol. The molecule has 0 spiro atoms. The van der Waals surface area contributed by atoms with E-state index >= 15 is 0 Å². The van der Waals surface area contributed by atoms with E-state index in [9.17, 15) is 14.7 Å². The molecule has 3 rings (SSSR count). The Morgan fingerprint density at radius 1 is 1.26 bits per heavy atom. The highest BCUT2D eigenvalue weighted by Gasteiger charge is 2.34. The number of hydrogen-bond acceptors (Lipinski definition) is 5. The van der Waals surface area contributed by atoms with E-state index in [1.165, 1.54) is 4.90 Å². The third kappa shape index (κ3) is 4.35. The monoisotopic (exact) mass is 371 g/mol. The summed E-state index contributed by atoms with van der Waals surface area (Å²) in [6.45, 7) is 6.35. The normalized spacial score (nSPS) is 16.9. The molecule has 1 aliphatic rings. The lowest BCUT2D eigenvalue weighted by molar-refractivity contribution is -0.151. The van der Waals surface area contributed by atoms with Crippen LogP contribution < -0.4 is 0 Å². The van der Waals surface area contributed by atoms with Crippen molar-refractivity contribution in [3.8, 4) is 0 Å². The molecule has 1 unspecified atom stereocenters. The van der Waals surface area contributed by atoms with Crippen LogP contribution in [0, 0.1) is 0 Å². The van der Waals surface area contributed by atoms with Gasteiger partial charge in [0.15, 0.2) is 5.82 Å². The molecule has 1 aromatic carbocycles. The number of nitrogens with zero attached hydrogens (tertiary/aromatic N) is 3. The summed E-state index contributed by atoms with van der Waals surface area (Å²) in [7, 11) is 0. The standard InChI is InChI=1S/C20H25N3O4/c1-20(2,3)19-21-16(27-22-19)9-6-10-17(24)23-12-14-8-5-4-7-13(14)11-15(23)18(25)26/h4-5,7-8,15H,6,9-12H2,1-3H3,(H,25,26). The minimum atomic E-state index is -0.968. The maximum absolute atomic E-state index is 12.7. The van der Waals surface area contributed by atoms with Crippen molar-refractivity contribution >= 4 is 11.9 Å². The van der Waals surface area contributed by atoms with Crippen molar-refractivity contribution in [2.75, 3.05) is 0 Å². The zero-order valence-corrected chi connectivity index (χ0v) is 15.9. The zero-order chi connectivity index (χ0) is 19.6. The Balaban J connectivity index is 1.61. The molecule has 2 heterocycles. The van der Waals surface area contributed by atoms with E-state index < -0.39 is 12.0 Å². The van der Waals surface area contributed by atoms with E-state index in [1.54, 1.807) is 0 Å². The number of carbonyl (C=O) groups is 2. The van der Waals surface area contributed by atoms with Crippen molar-refractivity contribution in [1.29, 1.82) is 0 Å². The van der Waals surface area contributed by atoms with Gasteiger partial charge >= 0.3 is 5.97 Å². The number of benzene rings is 1. The van der Waals surface area contributed by atoms with Gasteiger partial charge in [-0.3, -0.25) is 4.79 Å². The first kappa shape index (κ1) is 19.1. The van der Waals surface area contributed by atoms with Gasteiger partial charge in [0.05, 0.1) is 0 Å². The summed E-state index contributed by atoms with van der Waals surface area (Å²) in [5, 5.41) is 13.5. The zero-order valence-electron chi connectivity index (χ0n) is 15.9. The maximum atomic E-state index is 12.7. The summed E-state index contributed by atoms with van der Waals surface area (Å²) in [5.41, 5.74) is 1.82. The third-order valence-electron chi connectivity index (χ3n) is 4.77. The number of hydrogen-bond donors (Lipinski definition) is 1. The highest BCUT2D eigenvalue weighted by molar-refractivity contribution is 5.84. The van der Waals surface area contributed by atoms with Gasteiger partial charge in [0.25, 0.3) is 0 Å². The Kier molecular flexibility index (Phi) is 5.30. The van der Waals surface area contributed by atoms with Gasteiger partial charge in [-0.25, -0.2) is 4.79 Å². The summed E-state index contributed by atoms with van der Waals surface area (Å²) >= 11 is 0. The molecular weight excluding hydrogens is 346 g/mol. The van der Waals surface area contributed by atoms with E-state index in [1.807, 2.05) is 45.0 Å². The first-order valence-electron chi connectivity index (χ1n) is 9.18. The number of amides is 1. The molecule has 0 fully saturated rings. The molecule has 144 valence electrons. The van der Waals surface area contributed by atoms with Crippen molar-refractivity contribution < 1.29 is 19.2 Å². The minimum Gasteiger partial charge on any atom is -0.480 e. The number of carboxylic acid groups (broad SMARTS) is 1. The first-order valence-corrected chi connectivity index (χ1v) is 9.18. The molecule has 0 aliphatic carbocycles. The highest BCUT2D eigenvalue weighted by Crippen LogP contribution is 2.25. The summed E-state index contributed by atoms with van der Waals surface area (Å²) in [5.74, 6) is 0.0194. The van der Waals surface area contributed by atoms with Crippen LogP contribution in [-0.2, 0) is 34.4 Å². The van der Waals surface area contributed by atoms with Crippen LogP contribution in [0.3, 0.4) is 0 Å². The molecule has 0 radical (unpaired) electrons. The quantitative estimate of drug-likeness (QED) is 0.868. The number of aryl methyl sites for hydroxylation is 1. The van der Waals surface area contributed by atoms with Crippen LogP contribution in [-0.4, -0.2) is 38.1 Å². The van der Waals surface area contributed by atoms with Crippen LogP contribution >= 0.6 is 0 Å². The van der Waals surface area contributed by atoms with Gasteiger partial charge in [-0.15, -0.1) is 0 Å². The van der Waals surface area contributed by atoms with Crippen molar-refractivity contribution in [3.63, 3.8) is 0 Å². The summed E-state index contributed by atoms with van der Waals surface area (Å²) in [6.07, 6.45) is 1.63. The lowest BCUT2D eigenvalue weighted by atomic mass is 9.93. The topological polar surface area (TPSA) is 96.5 Å². The first-order chi connectivity index (χ1) is 12.8. The molecule has 1 atom stereocenters. The SMILES string of the molecule is CC(C)(C)c1noc(CCCC(=O)N2Cc3ccccc3CC2C(=O)O)n1. The molecule has 0 saturated heterocycles. The second-order valence-electron chi connectivity index (χ2n) is 7.96. The van der Waals surface area contributed by atoms with Crippen LogP contribution in [0.15, 0.2) is 28.8 Å². The van der Waals surface area contributed by atoms with Gasteiger partial charge in [0.1, 0.15) is 6.04 Å². The van der Waals surface area contributed by atoms with Crippen LogP contribution in [0.25, 0.3) is 0 Å². The second-order valence-corrected chi connectivity index (χ2v) is 7.96. The molecule has 27 heavy (non-hydrogen) atoms. The van der Waals surface area contributed by atoms with Crippen molar-refractivity contribution in [1.82, 2.24) is 15.0 Å². The smallest absolute Gasteiger partial charge is 0.326 e. The molecule has 1 aromatic heterocycles. The van der Waals surface area contributed by atoms with Crippen LogP contribution in [0.1, 0.15) is 56.5 Å².